The fourth-order valence-corrected chi connectivity index (χ4v) is 3.43. The second-order valence-electron chi connectivity index (χ2n) is 9.75. The summed E-state index contributed by atoms with van der Waals surface area (Å²) in [7, 11) is 0. The average molecular weight is 495 g/mol. The lowest BCUT2D eigenvalue weighted by molar-refractivity contribution is -0.167. The Labute approximate surface area is 204 Å². The van der Waals surface area contributed by atoms with Crippen LogP contribution in [0.4, 0.5) is 13.2 Å². The Bertz CT molecular complexity index is 963. The van der Waals surface area contributed by atoms with Crippen molar-refractivity contribution in [1.82, 2.24) is 0 Å². The van der Waals surface area contributed by atoms with Gasteiger partial charge in [-0.2, -0.15) is 13.2 Å². The number of rotatable bonds is 9. The van der Waals surface area contributed by atoms with E-state index in [1.54, 1.807) is 52.0 Å². The van der Waals surface area contributed by atoms with Gasteiger partial charge in [-0.15, -0.1) is 0 Å². The highest BCUT2D eigenvalue weighted by Crippen LogP contribution is 2.33. The largest absolute Gasteiger partial charge is 0.482 e. The number of carbonyl (C=O) groups excluding carboxylic acids is 2. The molecule has 0 saturated heterocycles. The van der Waals surface area contributed by atoms with Crippen molar-refractivity contribution in [1.29, 1.82) is 0 Å². The van der Waals surface area contributed by atoms with E-state index in [9.17, 15) is 22.8 Å². The van der Waals surface area contributed by atoms with Crippen LogP contribution in [0.15, 0.2) is 54.6 Å². The minimum atomic E-state index is -4.46. The fourth-order valence-electron chi connectivity index (χ4n) is 3.43. The summed E-state index contributed by atoms with van der Waals surface area (Å²) in [6.07, 6.45) is -6.17. The van der Waals surface area contributed by atoms with Crippen LogP contribution in [-0.2, 0) is 25.2 Å². The molecule has 0 aromatic heterocycles. The van der Waals surface area contributed by atoms with Gasteiger partial charge in [-0.25, -0.2) is 0 Å². The molecule has 0 aliphatic carbocycles. The predicted molar refractivity (Wildman–Crippen MR) is 126 cm³/mol. The first kappa shape index (κ1) is 28.2. The van der Waals surface area contributed by atoms with Crippen molar-refractivity contribution in [3.05, 3.63) is 65.7 Å². The minimum absolute atomic E-state index is 0.129. The number of benzene rings is 2. The number of hydrogen-bond donors (Lipinski definition) is 0. The summed E-state index contributed by atoms with van der Waals surface area (Å²) in [4.78, 5) is 25.4. The van der Waals surface area contributed by atoms with Crippen molar-refractivity contribution in [3.63, 3.8) is 0 Å². The van der Waals surface area contributed by atoms with Crippen LogP contribution >= 0.6 is 0 Å². The van der Waals surface area contributed by atoms with E-state index in [1.165, 1.54) is 12.1 Å². The third-order valence-corrected chi connectivity index (χ3v) is 5.22. The summed E-state index contributed by atoms with van der Waals surface area (Å²) in [6.45, 7) is 10.5. The SMILES string of the molecule is CC(C)[C@H](CC(=O)OC(C)(C)C)C(=O)O[C@@H](C)[C@H](Oc1ccc(C(F)(F)F)cc1)c1ccccc1. The molecule has 2 aromatic rings. The number of halogens is 3. The standard InChI is InChI=1S/C27H33F3O5/c1-17(2)22(16-23(31)35-26(4,5)6)25(32)33-18(3)24(19-10-8-7-9-11-19)34-21-14-12-20(13-15-21)27(28,29)30/h7-15,17-18,22,24H,16H2,1-6H3/t18-,22-,24-/m0/s1. The van der Waals surface area contributed by atoms with E-state index in [2.05, 4.69) is 0 Å². The van der Waals surface area contributed by atoms with Crippen molar-refractivity contribution < 1.29 is 37.0 Å². The van der Waals surface area contributed by atoms with E-state index in [0.29, 0.717) is 5.56 Å². The molecular formula is C27H33F3O5. The van der Waals surface area contributed by atoms with E-state index in [0.717, 1.165) is 12.1 Å². The second-order valence-corrected chi connectivity index (χ2v) is 9.75. The summed E-state index contributed by atoms with van der Waals surface area (Å²) >= 11 is 0. The first-order valence-electron chi connectivity index (χ1n) is 11.5. The number of esters is 2. The molecule has 0 saturated carbocycles. The van der Waals surface area contributed by atoms with E-state index >= 15 is 0 Å². The molecule has 0 unspecified atom stereocenters. The van der Waals surface area contributed by atoms with Crippen LogP contribution < -0.4 is 4.74 Å². The highest BCUT2D eigenvalue weighted by atomic mass is 19.4. The summed E-state index contributed by atoms with van der Waals surface area (Å²) in [5, 5.41) is 0. The Morgan fingerprint density at radius 1 is 0.886 bits per heavy atom. The molecule has 0 aliphatic heterocycles. The van der Waals surface area contributed by atoms with Crippen molar-refractivity contribution >= 4 is 11.9 Å². The van der Waals surface area contributed by atoms with Gasteiger partial charge in [-0.1, -0.05) is 44.2 Å². The highest BCUT2D eigenvalue weighted by Gasteiger charge is 2.33. The van der Waals surface area contributed by atoms with E-state index in [4.69, 9.17) is 14.2 Å². The topological polar surface area (TPSA) is 61.8 Å². The first-order chi connectivity index (χ1) is 16.2. The highest BCUT2D eigenvalue weighted by molar-refractivity contribution is 5.80. The van der Waals surface area contributed by atoms with Crippen LogP contribution in [0.3, 0.4) is 0 Å². The van der Waals surface area contributed by atoms with Gasteiger partial charge < -0.3 is 14.2 Å². The van der Waals surface area contributed by atoms with Gasteiger partial charge in [0.05, 0.1) is 17.9 Å². The van der Waals surface area contributed by atoms with Gasteiger partial charge >= 0.3 is 18.1 Å². The second kappa shape index (κ2) is 11.6. The quantitative estimate of drug-likeness (QED) is 0.361. The maximum absolute atomic E-state index is 13.0. The number of alkyl halides is 3. The average Bonchev–Trinajstić information content (AvgIpc) is 2.74. The molecule has 0 radical (unpaired) electrons. The molecule has 0 amide bonds. The third kappa shape index (κ3) is 8.92. The maximum Gasteiger partial charge on any atom is 0.416 e. The van der Waals surface area contributed by atoms with Gasteiger partial charge in [0.1, 0.15) is 17.5 Å². The third-order valence-electron chi connectivity index (χ3n) is 5.22. The number of carbonyl (C=O) groups is 2. The molecule has 5 nitrogen and oxygen atoms in total. The first-order valence-corrected chi connectivity index (χ1v) is 11.5. The maximum atomic E-state index is 13.0. The van der Waals surface area contributed by atoms with Gasteiger partial charge in [0.25, 0.3) is 0 Å². The zero-order valence-corrected chi connectivity index (χ0v) is 20.9. The smallest absolute Gasteiger partial charge is 0.416 e. The van der Waals surface area contributed by atoms with Gasteiger partial charge in [-0.3, -0.25) is 9.59 Å². The molecule has 35 heavy (non-hydrogen) atoms. The monoisotopic (exact) mass is 494 g/mol. The van der Waals surface area contributed by atoms with Crippen molar-refractivity contribution in [3.8, 4) is 5.75 Å². The van der Waals surface area contributed by atoms with Crippen LogP contribution in [0.1, 0.15) is 65.2 Å². The number of hydrogen-bond acceptors (Lipinski definition) is 5. The van der Waals surface area contributed by atoms with E-state index < -0.39 is 47.4 Å². The zero-order chi connectivity index (χ0) is 26.4. The molecular weight excluding hydrogens is 461 g/mol. The summed E-state index contributed by atoms with van der Waals surface area (Å²) in [6, 6.07) is 13.3. The molecule has 0 fully saturated rings. The van der Waals surface area contributed by atoms with Crippen LogP contribution in [0, 0.1) is 11.8 Å². The number of ether oxygens (including phenoxy) is 3. The van der Waals surface area contributed by atoms with Gasteiger partial charge in [0, 0.05) is 0 Å². The lowest BCUT2D eigenvalue weighted by Crippen LogP contribution is -2.34. The van der Waals surface area contributed by atoms with Gasteiger partial charge in [0.2, 0.25) is 0 Å². The molecule has 0 spiro atoms. The Balaban J connectivity index is 2.20. The van der Waals surface area contributed by atoms with Gasteiger partial charge in [-0.05, 0) is 63.4 Å². The lowest BCUT2D eigenvalue weighted by atomic mass is 9.92. The Hall–Kier alpha value is -3.03. The van der Waals surface area contributed by atoms with Crippen molar-refractivity contribution in [2.75, 3.05) is 0 Å². The Morgan fingerprint density at radius 2 is 1.46 bits per heavy atom. The van der Waals surface area contributed by atoms with Crippen molar-refractivity contribution in [2.24, 2.45) is 11.8 Å². The van der Waals surface area contributed by atoms with E-state index in [-0.39, 0.29) is 18.1 Å². The van der Waals surface area contributed by atoms with Crippen LogP contribution in [0.25, 0.3) is 0 Å². The molecule has 0 aliphatic rings. The van der Waals surface area contributed by atoms with Crippen LogP contribution in [0.5, 0.6) is 5.75 Å². The molecule has 0 heterocycles. The van der Waals surface area contributed by atoms with Crippen LogP contribution in [0.2, 0.25) is 0 Å². The molecule has 2 rings (SSSR count). The van der Waals surface area contributed by atoms with E-state index in [1.807, 2.05) is 19.9 Å². The molecule has 3 atom stereocenters. The molecule has 0 bridgehead atoms. The zero-order valence-electron chi connectivity index (χ0n) is 20.9. The summed E-state index contributed by atoms with van der Waals surface area (Å²) in [5.74, 6) is -1.79. The lowest BCUT2D eigenvalue weighted by Gasteiger charge is -2.28. The molecule has 192 valence electrons. The normalized spacial score (nSPS) is 14.7. The molecule has 8 heteroatoms. The fraction of sp³-hybridized carbons (Fsp3) is 0.481. The van der Waals surface area contributed by atoms with Crippen molar-refractivity contribution in [2.45, 2.75) is 71.9 Å². The van der Waals surface area contributed by atoms with Gasteiger partial charge in [0.15, 0.2) is 6.10 Å². The minimum Gasteiger partial charge on any atom is -0.482 e. The predicted octanol–water partition coefficient (Wildman–Crippen LogP) is 6.76. The Kier molecular flexibility index (Phi) is 9.35. The summed E-state index contributed by atoms with van der Waals surface area (Å²) < 4.78 is 55.8. The molecule has 0 N–H and O–H groups in total. The van der Waals surface area contributed by atoms with Crippen LogP contribution in [-0.4, -0.2) is 23.6 Å². The summed E-state index contributed by atoms with van der Waals surface area (Å²) in [5.41, 5.74) is -0.785. The Morgan fingerprint density at radius 3 is 1.94 bits per heavy atom. The molecule has 2 aromatic carbocycles.